The number of para-hydroxylation sites is 1. The lowest BCUT2D eigenvalue weighted by Crippen LogP contribution is -2.29. The van der Waals surface area contributed by atoms with Crippen molar-refractivity contribution in [3.8, 4) is 0 Å². The van der Waals surface area contributed by atoms with Crippen molar-refractivity contribution in [2.75, 3.05) is 36.8 Å². The average molecular weight is 395 g/mol. The number of fused-ring (bicyclic) bond motifs is 1. The van der Waals surface area contributed by atoms with Crippen LogP contribution in [0.3, 0.4) is 0 Å². The van der Waals surface area contributed by atoms with Gasteiger partial charge in [0.15, 0.2) is 0 Å². The molecule has 0 radical (unpaired) electrons. The van der Waals surface area contributed by atoms with Gasteiger partial charge in [-0.1, -0.05) is 32.0 Å². The molecule has 3 N–H and O–H groups in total. The van der Waals surface area contributed by atoms with Crippen LogP contribution in [0.25, 0.3) is 10.9 Å². The first kappa shape index (κ1) is 21.1. The van der Waals surface area contributed by atoms with Crippen LogP contribution in [-0.4, -0.2) is 52.1 Å². The number of H-pyrrole nitrogens is 1. The Labute approximate surface area is 174 Å². The fourth-order valence-electron chi connectivity index (χ4n) is 3.60. The minimum absolute atomic E-state index is 0.330. The number of hydrogen-bond acceptors (Lipinski definition) is 5. The van der Waals surface area contributed by atoms with E-state index in [1.165, 1.54) is 16.5 Å². The molecule has 6 nitrogen and oxygen atoms in total. The number of anilines is 2. The van der Waals surface area contributed by atoms with Gasteiger partial charge in [-0.15, -0.1) is 0 Å². The summed E-state index contributed by atoms with van der Waals surface area (Å²) in [6.45, 7) is 12.7. The minimum Gasteiger partial charge on any atom is -0.370 e. The Kier molecular flexibility index (Phi) is 7.47. The van der Waals surface area contributed by atoms with E-state index in [4.69, 9.17) is 0 Å². The summed E-state index contributed by atoms with van der Waals surface area (Å²) in [6, 6.07) is 10.7. The molecular formula is C23H34N6. The third-order valence-corrected chi connectivity index (χ3v) is 5.38. The van der Waals surface area contributed by atoms with Crippen LogP contribution in [0, 0.1) is 6.92 Å². The van der Waals surface area contributed by atoms with E-state index in [-0.39, 0.29) is 0 Å². The number of benzene rings is 1. The fraction of sp³-hybridized carbons (Fsp3) is 0.478. The molecule has 0 saturated heterocycles. The van der Waals surface area contributed by atoms with Gasteiger partial charge in [0.2, 0.25) is 5.95 Å². The second-order valence-electron chi connectivity index (χ2n) is 7.62. The predicted octanol–water partition coefficient (Wildman–Crippen LogP) is 4.45. The van der Waals surface area contributed by atoms with Crippen molar-refractivity contribution in [3.63, 3.8) is 0 Å². The Hall–Kier alpha value is -2.60. The van der Waals surface area contributed by atoms with E-state index in [2.05, 4.69) is 81.7 Å². The van der Waals surface area contributed by atoms with Gasteiger partial charge in [-0.05, 0) is 51.4 Å². The number of nitrogens with zero attached hydrogens (tertiary/aromatic N) is 3. The van der Waals surface area contributed by atoms with Gasteiger partial charge >= 0.3 is 0 Å². The molecule has 0 spiro atoms. The van der Waals surface area contributed by atoms with E-state index < -0.39 is 0 Å². The summed E-state index contributed by atoms with van der Waals surface area (Å²) in [4.78, 5) is 15.0. The second-order valence-corrected chi connectivity index (χ2v) is 7.62. The molecule has 3 rings (SSSR count). The molecule has 0 aliphatic rings. The lowest BCUT2D eigenvalue weighted by molar-refractivity contribution is 0.295. The zero-order valence-electron chi connectivity index (χ0n) is 18.1. The van der Waals surface area contributed by atoms with Crippen molar-refractivity contribution in [1.29, 1.82) is 0 Å². The molecule has 156 valence electrons. The Bertz CT molecular complexity index is 899. The molecule has 2 heterocycles. The molecule has 0 fully saturated rings. The molecule has 1 unspecified atom stereocenters. The molecule has 0 saturated carbocycles. The highest BCUT2D eigenvalue weighted by atomic mass is 15.2. The first-order chi connectivity index (χ1) is 14.1. The molecular weight excluding hydrogens is 360 g/mol. The summed E-state index contributed by atoms with van der Waals surface area (Å²) in [5, 5.41) is 8.21. The van der Waals surface area contributed by atoms with Crippen molar-refractivity contribution < 1.29 is 0 Å². The number of aryl methyl sites for hydroxylation is 1. The highest BCUT2D eigenvalue weighted by Gasteiger charge is 2.09. The standard InChI is InChI=1S/C23H34N6/c1-5-29(6-2)14-12-17(3)26-23-27-18(4)15-22(28-23)24-13-11-19-16-25-21-10-8-7-9-20(19)21/h7-10,15-17,25H,5-6,11-14H2,1-4H3,(H2,24,26,27,28). The summed E-state index contributed by atoms with van der Waals surface area (Å²) in [6.07, 6.45) is 4.11. The zero-order chi connectivity index (χ0) is 20.6. The highest BCUT2D eigenvalue weighted by molar-refractivity contribution is 5.83. The van der Waals surface area contributed by atoms with Gasteiger partial charge in [0.05, 0.1) is 0 Å². The smallest absolute Gasteiger partial charge is 0.225 e. The van der Waals surface area contributed by atoms with Gasteiger partial charge in [-0.25, -0.2) is 4.98 Å². The molecule has 6 heteroatoms. The Morgan fingerprint density at radius 1 is 1.14 bits per heavy atom. The number of nitrogens with one attached hydrogen (secondary N) is 3. The zero-order valence-corrected chi connectivity index (χ0v) is 18.1. The van der Waals surface area contributed by atoms with Crippen molar-refractivity contribution >= 4 is 22.7 Å². The van der Waals surface area contributed by atoms with Crippen LogP contribution in [0.15, 0.2) is 36.5 Å². The molecule has 1 atom stereocenters. The van der Waals surface area contributed by atoms with E-state index in [0.717, 1.165) is 50.5 Å². The van der Waals surface area contributed by atoms with Gasteiger partial charge in [0.1, 0.15) is 5.82 Å². The molecule has 3 aromatic rings. The van der Waals surface area contributed by atoms with Crippen LogP contribution in [-0.2, 0) is 6.42 Å². The Morgan fingerprint density at radius 2 is 1.93 bits per heavy atom. The SMILES string of the molecule is CCN(CC)CCC(C)Nc1nc(C)cc(NCCc2c[nH]c3ccccc23)n1. The van der Waals surface area contributed by atoms with Gasteiger partial charge in [-0.2, -0.15) is 4.98 Å². The fourth-order valence-corrected chi connectivity index (χ4v) is 3.60. The van der Waals surface area contributed by atoms with Gasteiger partial charge in [0, 0.05) is 48.0 Å². The van der Waals surface area contributed by atoms with Crippen LogP contribution < -0.4 is 10.6 Å². The van der Waals surface area contributed by atoms with Gasteiger partial charge in [-0.3, -0.25) is 0 Å². The number of aromatic amines is 1. The Balaban J connectivity index is 1.54. The van der Waals surface area contributed by atoms with Gasteiger partial charge in [0.25, 0.3) is 0 Å². The van der Waals surface area contributed by atoms with Crippen molar-refractivity contribution in [1.82, 2.24) is 19.9 Å². The van der Waals surface area contributed by atoms with Crippen LogP contribution in [0.1, 0.15) is 38.4 Å². The van der Waals surface area contributed by atoms with Crippen molar-refractivity contribution in [2.24, 2.45) is 0 Å². The van der Waals surface area contributed by atoms with E-state index in [9.17, 15) is 0 Å². The second kappa shape index (κ2) is 10.3. The maximum absolute atomic E-state index is 4.67. The van der Waals surface area contributed by atoms with E-state index in [1.807, 2.05) is 13.0 Å². The molecule has 0 amide bonds. The summed E-state index contributed by atoms with van der Waals surface area (Å²) in [5.41, 5.74) is 3.47. The van der Waals surface area contributed by atoms with E-state index >= 15 is 0 Å². The minimum atomic E-state index is 0.330. The third kappa shape index (κ3) is 5.94. The topological polar surface area (TPSA) is 68.9 Å². The summed E-state index contributed by atoms with van der Waals surface area (Å²) in [5.74, 6) is 1.57. The number of hydrogen-bond donors (Lipinski definition) is 3. The summed E-state index contributed by atoms with van der Waals surface area (Å²) >= 11 is 0. The van der Waals surface area contributed by atoms with Crippen LogP contribution in [0.4, 0.5) is 11.8 Å². The lowest BCUT2D eigenvalue weighted by atomic mass is 10.1. The summed E-state index contributed by atoms with van der Waals surface area (Å²) in [7, 11) is 0. The quantitative estimate of drug-likeness (QED) is 0.448. The van der Waals surface area contributed by atoms with E-state index in [0.29, 0.717) is 12.0 Å². The molecule has 1 aromatic carbocycles. The average Bonchev–Trinajstić information content (AvgIpc) is 3.11. The number of rotatable bonds is 11. The molecule has 0 bridgehead atoms. The maximum Gasteiger partial charge on any atom is 0.225 e. The van der Waals surface area contributed by atoms with Crippen LogP contribution >= 0.6 is 0 Å². The first-order valence-corrected chi connectivity index (χ1v) is 10.7. The highest BCUT2D eigenvalue weighted by Crippen LogP contribution is 2.18. The van der Waals surface area contributed by atoms with Crippen LogP contribution in [0.5, 0.6) is 0 Å². The Morgan fingerprint density at radius 3 is 2.72 bits per heavy atom. The number of aromatic nitrogens is 3. The van der Waals surface area contributed by atoms with Crippen molar-refractivity contribution in [2.45, 2.75) is 46.6 Å². The molecule has 0 aliphatic heterocycles. The monoisotopic (exact) mass is 394 g/mol. The summed E-state index contributed by atoms with van der Waals surface area (Å²) < 4.78 is 0. The van der Waals surface area contributed by atoms with E-state index in [1.54, 1.807) is 0 Å². The normalized spacial score (nSPS) is 12.4. The first-order valence-electron chi connectivity index (χ1n) is 10.7. The lowest BCUT2D eigenvalue weighted by Gasteiger charge is -2.21. The molecule has 2 aromatic heterocycles. The molecule has 0 aliphatic carbocycles. The van der Waals surface area contributed by atoms with Gasteiger partial charge < -0.3 is 20.5 Å². The predicted molar refractivity (Wildman–Crippen MR) is 123 cm³/mol. The maximum atomic E-state index is 4.67. The van der Waals surface area contributed by atoms with Crippen molar-refractivity contribution in [3.05, 3.63) is 47.8 Å². The van der Waals surface area contributed by atoms with Crippen LogP contribution in [0.2, 0.25) is 0 Å². The largest absolute Gasteiger partial charge is 0.370 e. The third-order valence-electron chi connectivity index (χ3n) is 5.38. The molecule has 29 heavy (non-hydrogen) atoms.